The second-order valence-corrected chi connectivity index (χ2v) is 7.19. The summed E-state index contributed by atoms with van der Waals surface area (Å²) >= 11 is 0. The zero-order valence-corrected chi connectivity index (χ0v) is 15.1. The summed E-state index contributed by atoms with van der Waals surface area (Å²) in [7, 11) is 0. The first-order chi connectivity index (χ1) is 10.9. The maximum Gasteiger partial charge on any atom is 0.238 e. The first-order valence-electron chi connectivity index (χ1n) is 8.77. The van der Waals surface area contributed by atoms with Crippen molar-refractivity contribution >= 4 is 11.6 Å². The molecule has 1 fully saturated rings. The third-order valence-corrected chi connectivity index (χ3v) is 4.62. The molecule has 128 valence electrons. The van der Waals surface area contributed by atoms with E-state index in [0.717, 1.165) is 25.3 Å². The molecule has 0 aromatic heterocycles. The molecule has 1 amide bonds. The van der Waals surface area contributed by atoms with Crippen LogP contribution in [0.4, 0.5) is 5.69 Å². The van der Waals surface area contributed by atoms with Gasteiger partial charge >= 0.3 is 0 Å². The summed E-state index contributed by atoms with van der Waals surface area (Å²) < 4.78 is 0. The fourth-order valence-electron chi connectivity index (χ4n) is 3.18. The lowest BCUT2D eigenvalue weighted by atomic mass is 9.92. The van der Waals surface area contributed by atoms with Gasteiger partial charge in [0.05, 0.1) is 6.54 Å². The van der Waals surface area contributed by atoms with Gasteiger partial charge in [0.1, 0.15) is 0 Å². The number of benzene rings is 1. The summed E-state index contributed by atoms with van der Waals surface area (Å²) in [6.07, 6.45) is 0. The SMILES string of the molecule is CC(C)c1cccc(C(C)C)c1NC(=O)CN1CCNC[C@@H]1C. The highest BCUT2D eigenvalue weighted by Crippen LogP contribution is 2.32. The van der Waals surface area contributed by atoms with Crippen molar-refractivity contribution in [3.63, 3.8) is 0 Å². The first-order valence-corrected chi connectivity index (χ1v) is 8.77. The van der Waals surface area contributed by atoms with Crippen molar-refractivity contribution in [2.24, 2.45) is 0 Å². The maximum atomic E-state index is 12.6. The summed E-state index contributed by atoms with van der Waals surface area (Å²) in [6.45, 7) is 14.2. The Morgan fingerprint density at radius 3 is 2.39 bits per heavy atom. The van der Waals surface area contributed by atoms with Crippen LogP contribution in [0.2, 0.25) is 0 Å². The summed E-state index contributed by atoms with van der Waals surface area (Å²) in [6, 6.07) is 6.75. The van der Waals surface area contributed by atoms with Crippen LogP contribution in [0.5, 0.6) is 0 Å². The van der Waals surface area contributed by atoms with Gasteiger partial charge in [0.25, 0.3) is 0 Å². The fourth-order valence-corrected chi connectivity index (χ4v) is 3.18. The molecule has 1 aromatic rings. The highest BCUT2D eigenvalue weighted by Gasteiger charge is 2.22. The van der Waals surface area contributed by atoms with Crippen LogP contribution in [-0.4, -0.2) is 43.0 Å². The van der Waals surface area contributed by atoms with Gasteiger partial charge in [-0.1, -0.05) is 45.9 Å². The van der Waals surface area contributed by atoms with Gasteiger partial charge in [0.2, 0.25) is 5.91 Å². The Kier molecular flexibility index (Phi) is 6.19. The lowest BCUT2D eigenvalue weighted by Crippen LogP contribution is -2.52. The van der Waals surface area contributed by atoms with Gasteiger partial charge < -0.3 is 10.6 Å². The van der Waals surface area contributed by atoms with Crippen molar-refractivity contribution < 1.29 is 4.79 Å². The quantitative estimate of drug-likeness (QED) is 0.877. The predicted octanol–water partition coefficient (Wildman–Crippen LogP) is 3.17. The van der Waals surface area contributed by atoms with Crippen molar-refractivity contribution in [2.75, 3.05) is 31.5 Å². The zero-order valence-electron chi connectivity index (χ0n) is 15.1. The molecule has 0 unspecified atom stereocenters. The molecular formula is C19H31N3O. The average molecular weight is 317 g/mol. The summed E-state index contributed by atoms with van der Waals surface area (Å²) in [4.78, 5) is 14.9. The number of carbonyl (C=O) groups is 1. The number of para-hydroxylation sites is 1. The average Bonchev–Trinajstić information content (AvgIpc) is 2.49. The van der Waals surface area contributed by atoms with Crippen LogP contribution in [0.15, 0.2) is 18.2 Å². The number of nitrogens with zero attached hydrogens (tertiary/aromatic N) is 1. The van der Waals surface area contributed by atoms with Gasteiger partial charge in [-0.05, 0) is 29.9 Å². The van der Waals surface area contributed by atoms with Crippen LogP contribution < -0.4 is 10.6 Å². The molecule has 1 aliphatic rings. The van der Waals surface area contributed by atoms with E-state index >= 15 is 0 Å². The van der Waals surface area contributed by atoms with Crippen LogP contribution in [0, 0.1) is 0 Å². The lowest BCUT2D eigenvalue weighted by Gasteiger charge is -2.33. The number of hydrogen-bond donors (Lipinski definition) is 2. The molecule has 2 N–H and O–H groups in total. The minimum Gasteiger partial charge on any atom is -0.324 e. The Morgan fingerprint density at radius 1 is 1.26 bits per heavy atom. The zero-order chi connectivity index (χ0) is 17.0. The second-order valence-electron chi connectivity index (χ2n) is 7.19. The molecule has 1 aliphatic heterocycles. The highest BCUT2D eigenvalue weighted by molar-refractivity contribution is 5.94. The van der Waals surface area contributed by atoms with E-state index < -0.39 is 0 Å². The Balaban J connectivity index is 2.16. The van der Waals surface area contributed by atoms with Gasteiger partial charge in [-0.15, -0.1) is 0 Å². The van der Waals surface area contributed by atoms with E-state index in [1.807, 2.05) is 0 Å². The van der Waals surface area contributed by atoms with Crippen molar-refractivity contribution in [1.29, 1.82) is 0 Å². The van der Waals surface area contributed by atoms with Gasteiger partial charge in [-0.25, -0.2) is 0 Å². The van der Waals surface area contributed by atoms with Crippen molar-refractivity contribution in [1.82, 2.24) is 10.2 Å². The van der Waals surface area contributed by atoms with Gasteiger partial charge in [0.15, 0.2) is 0 Å². The minimum atomic E-state index is 0.0914. The fraction of sp³-hybridized carbons (Fsp3) is 0.632. The number of piperazine rings is 1. The van der Waals surface area contributed by atoms with E-state index in [0.29, 0.717) is 24.4 Å². The summed E-state index contributed by atoms with van der Waals surface area (Å²) in [5.41, 5.74) is 3.46. The molecule has 2 rings (SSSR count). The molecule has 23 heavy (non-hydrogen) atoms. The summed E-state index contributed by atoms with van der Waals surface area (Å²) in [5.74, 6) is 0.873. The molecule has 0 saturated carbocycles. The molecule has 1 heterocycles. The monoisotopic (exact) mass is 317 g/mol. The van der Waals surface area contributed by atoms with E-state index in [1.54, 1.807) is 0 Å². The van der Waals surface area contributed by atoms with Crippen LogP contribution in [0.1, 0.15) is 57.6 Å². The van der Waals surface area contributed by atoms with Crippen LogP contribution in [0.25, 0.3) is 0 Å². The highest BCUT2D eigenvalue weighted by atomic mass is 16.2. The Labute approximate surface area is 140 Å². The number of amides is 1. The number of rotatable bonds is 5. The number of anilines is 1. The van der Waals surface area contributed by atoms with Crippen LogP contribution in [0.3, 0.4) is 0 Å². The van der Waals surface area contributed by atoms with Crippen molar-refractivity contribution in [2.45, 2.75) is 52.5 Å². The van der Waals surface area contributed by atoms with E-state index in [-0.39, 0.29) is 5.91 Å². The number of carbonyl (C=O) groups excluding carboxylic acids is 1. The maximum absolute atomic E-state index is 12.6. The van der Waals surface area contributed by atoms with E-state index in [9.17, 15) is 4.79 Å². The number of hydrogen-bond acceptors (Lipinski definition) is 3. The van der Waals surface area contributed by atoms with E-state index in [2.05, 4.69) is 68.4 Å². The second kappa shape index (κ2) is 7.93. The Bertz CT molecular complexity index is 513. The molecule has 4 heteroatoms. The van der Waals surface area contributed by atoms with E-state index in [1.165, 1.54) is 11.1 Å². The molecule has 4 nitrogen and oxygen atoms in total. The van der Waals surface area contributed by atoms with E-state index in [4.69, 9.17) is 0 Å². The third kappa shape index (κ3) is 4.55. The van der Waals surface area contributed by atoms with Gasteiger partial charge in [-0.2, -0.15) is 0 Å². The molecule has 1 aromatic carbocycles. The van der Waals surface area contributed by atoms with Gasteiger partial charge in [-0.3, -0.25) is 9.69 Å². The Morgan fingerprint density at radius 2 is 1.87 bits per heavy atom. The first kappa shape index (κ1) is 18.0. The van der Waals surface area contributed by atoms with Crippen molar-refractivity contribution in [3.05, 3.63) is 29.3 Å². The minimum absolute atomic E-state index is 0.0914. The molecule has 0 radical (unpaired) electrons. The smallest absolute Gasteiger partial charge is 0.238 e. The predicted molar refractivity (Wildman–Crippen MR) is 97.2 cm³/mol. The molecule has 1 saturated heterocycles. The molecule has 0 bridgehead atoms. The van der Waals surface area contributed by atoms with Gasteiger partial charge in [0, 0.05) is 31.4 Å². The van der Waals surface area contributed by atoms with Crippen LogP contribution in [-0.2, 0) is 4.79 Å². The van der Waals surface area contributed by atoms with Crippen LogP contribution >= 0.6 is 0 Å². The normalized spacial score (nSPS) is 19.3. The standard InChI is InChI=1S/C19H31N3O/c1-13(2)16-7-6-8-17(14(3)4)19(16)21-18(23)12-22-10-9-20-11-15(22)5/h6-8,13-15,20H,9-12H2,1-5H3,(H,21,23)/t15-/m0/s1. The molecule has 0 spiro atoms. The lowest BCUT2D eigenvalue weighted by molar-refractivity contribution is -0.118. The third-order valence-electron chi connectivity index (χ3n) is 4.62. The topological polar surface area (TPSA) is 44.4 Å². The molecule has 1 atom stereocenters. The summed E-state index contributed by atoms with van der Waals surface area (Å²) in [5, 5.41) is 6.57. The largest absolute Gasteiger partial charge is 0.324 e. The molecular weight excluding hydrogens is 286 g/mol. The Hall–Kier alpha value is -1.39. The number of nitrogens with one attached hydrogen (secondary N) is 2. The molecule has 0 aliphatic carbocycles. The van der Waals surface area contributed by atoms with Crippen molar-refractivity contribution in [3.8, 4) is 0 Å².